The number of anilines is 1. The average molecular weight is 683 g/mol. The van der Waals surface area contributed by atoms with Crippen molar-refractivity contribution in [1.82, 2.24) is 4.90 Å². The van der Waals surface area contributed by atoms with Crippen molar-refractivity contribution in [3.05, 3.63) is 107 Å². The molecular formula is C42H61F3N2O2. The van der Waals surface area contributed by atoms with Crippen molar-refractivity contribution < 1.29 is 22.7 Å². The van der Waals surface area contributed by atoms with Crippen LogP contribution in [-0.2, 0) is 11.2 Å². The van der Waals surface area contributed by atoms with Gasteiger partial charge in [-0.2, -0.15) is 8.78 Å². The largest absolute Gasteiger partial charge is 0.433 e. The van der Waals surface area contributed by atoms with Crippen LogP contribution in [0.1, 0.15) is 118 Å². The van der Waals surface area contributed by atoms with Crippen LogP contribution in [-0.4, -0.2) is 29.4 Å². The average Bonchev–Trinajstić information content (AvgIpc) is 3.04. The molecule has 7 heteroatoms. The van der Waals surface area contributed by atoms with Gasteiger partial charge in [0.05, 0.1) is 5.70 Å². The summed E-state index contributed by atoms with van der Waals surface area (Å²) in [5.41, 5.74) is 6.73. The number of carbonyl (C=O) groups excluding carboxylic acids is 1. The molecule has 0 N–H and O–H groups in total. The van der Waals surface area contributed by atoms with Gasteiger partial charge in [0, 0.05) is 44.0 Å². The molecule has 0 amide bonds. The maximum absolute atomic E-state index is 13.0. The summed E-state index contributed by atoms with van der Waals surface area (Å²) < 4.78 is 43.2. The van der Waals surface area contributed by atoms with Crippen LogP contribution in [0.15, 0.2) is 89.9 Å². The molecule has 3 rings (SSSR count). The SMILES string of the molecule is C=C1C=C(C)C=CN1/C(C(C)=O)=C(/C)CC.CCCCCN(c1ccc(OC(C)(F)F)cc1)C(C)CC.CCCCc1ccc(C)c(F)c1. The van der Waals surface area contributed by atoms with E-state index in [1.165, 1.54) is 12.8 Å². The van der Waals surface area contributed by atoms with Gasteiger partial charge < -0.3 is 14.5 Å². The number of allylic oxidation sites excluding steroid dienone is 5. The van der Waals surface area contributed by atoms with Gasteiger partial charge in [-0.15, -0.1) is 0 Å². The number of ether oxygens (including phenoxy) is 1. The van der Waals surface area contributed by atoms with Gasteiger partial charge in [-0.1, -0.05) is 65.7 Å². The Morgan fingerprint density at radius 2 is 1.61 bits per heavy atom. The van der Waals surface area contributed by atoms with Gasteiger partial charge in [0.2, 0.25) is 0 Å². The van der Waals surface area contributed by atoms with E-state index in [2.05, 4.69) is 50.8 Å². The predicted molar refractivity (Wildman–Crippen MR) is 202 cm³/mol. The number of alkyl halides is 2. The number of rotatable bonds is 15. The van der Waals surface area contributed by atoms with Gasteiger partial charge in [0.1, 0.15) is 11.6 Å². The van der Waals surface area contributed by atoms with Gasteiger partial charge in [-0.25, -0.2) is 4.39 Å². The molecule has 49 heavy (non-hydrogen) atoms. The van der Waals surface area contributed by atoms with Crippen LogP contribution in [0.3, 0.4) is 0 Å². The zero-order valence-electron chi connectivity index (χ0n) is 31.8. The van der Waals surface area contributed by atoms with Gasteiger partial charge in [0.25, 0.3) is 0 Å². The van der Waals surface area contributed by atoms with Crippen molar-refractivity contribution >= 4 is 11.5 Å². The Morgan fingerprint density at radius 1 is 0.980 bits per heavy atom. The van der Waals surface area contributed by atoms with Crippen molar-refractivity contribution in [3.63, 3.8) is 0 Å². The summed E-state index contributed by atoms with van der Waals surface area (Å²) in [4.78, 5) is 15.9. The van der Waals surface area contributed by atoms with E-state index in [1.54, 1.807) is 32.0 Å². The lowest BCUT2D eigenvalue weighted by Gasteiger charge is -2.31. The van der Waals surface area contributed by atoms with E-state index in [0.29, 0.717) is 6.04 Å². The number of aryl methyl sites for hydroxylation is 2. The Balaban J connectivity index is 0.000000382. The molecule has 1 aliphatic heterocycles. The normalized spacial score (nSPS) is 13.7. The number of nitrogens with zero attached hydrogens (tertiary/aromatic N) is 2. The maximum atomic E-state index is 13.0. The molecule has 2 aromatic rings. The fraction of sp³-hybridized carbons (Fsp3) is 0.500. The molecule has 1 unspecified atom stereocenters. The molecule has 0 fully saturated rings. The highest BCUT2D eigenvalue weighted by atomic mass is 19.3. The Morgan fingerprint density at radius 3 is 2.10 bits per heavy atom. The van der Waals surface area contributed by atoms with Crippen molar-refractivity contribution in [1.29, 1.82) is 0 Å². The first-order valence-corrected chi connectivity index (χ1v) is 17.8. The van der Waals surface area contributed by atoms with E-state index >= 15 is 0 Å². The van der Waals surface area contributed by atoms with Gasteiger partial charge in [-0.05, 0) is 125 Å². The maximum Gasteiger partial charge on any atom is 0.394 e. The second-order valence-electron chi connectivity index (χ2n) is 12.9. The third-order valence-electron chi connectivity index (χ3n) is 8.35. The summed E-state index contributed by atoms with van der Waals surface area (Å²) in [6.45, 7) is 23.8. The molecule has 1 aliphatic rings. The number of carbonyl (C=O) groups is 1. The molecule has 0 radical (unpaired) electrons. The molecule has 0 saturated carbocycles. The number of hydrogen-bond acceptors (Lipinski definition) is 4. The van der Waals surface area contributed by atoms with Crippen LogP contribution in [0.4, 0.5) is 18.9 Å². The lowest BCUT2D eigenvalue weighted by atomic mass is 10.1. The van der Waals surface area contributed by atoms with Crippen molar-refractivity contribution in [2.75, 3.05) is 11.4 Å². The first-order chi connectivity index (χ1) is 23.1. The fourth-order valence-electron chi connectivity index (χ4n) is 5.17. The molecule has 0 aromatic heterocycles. The standard InChI is InChI=1S/C17H27F2NO.C14H19NO.C11H15F/c1-5-7-8-13-20(14(3)6-2)15-9-11-16(12-10-15)21-17(4,18)19;1-6-11(3)14(13(5)16)15-8-7-10(2)9-12(15)4;1-3-4-5-10-7-6-9(2)11(12)8-10/h9-12,14H,5-8,13H2,1-4H3;7-9H,4,6H2,1-3,5H3;6-8H,3-5H2,1-2H3/b;14-11-;. The Labute approximate surface area is 295 Å². The molecule has 0 aliphatic carbocycles. The first-order valence-electron chi connectivity index (χ1n) is 17.8. The van der Waals surface area contributed by atoms with Gasteiger partial charge >= 0.3 is 6.11 Å². The summed E-state index contributed by atoms with van der Waals surface area (Å²) in [7, 11) is 0. The predicted octanol–water partition coefficient (Wildman–Crippen LogP) is 12.5. The Bertz CT molecular complexity index is 1400. The lowest BCUT2D eigenvalue weighted by molar-refractivity contribution is -0.158. The molecule has 0 bridgehead atoms. The number of hydrogen-bond donors (Lipinski definition) is 0. The molecule has 2 aromatic carbocycles. The molecule has 272 valence electrons. The number of unbranched alkanes of at least 4 members (excludes halogenated alkanes) is 3. The summed E-state index contributed by atoms with van der Waals surface area (Å²) in [5, 5.41) is 0. The van der Waals surface area contributed by atoms with Gasteiger partial charge in [-0.3, -0.25) is 4.79 Å². The quantitative estimate of drug-likeness (QED) is 0.138. The molecule has 1 atom stereocenters. The Kier molecular flexibility index (Phi) is 19.5. The van der Waals surface area contributed by atoms with E-state index in [1.807, 2.05) is 61.4 Å². The second kappa shape index (κ2) is 22.1. The zero-order valence-corrected chi connectivity index (χ0v) is 31.8. The van der Waals surface area contributed by atoms with E-state index in [0.717, 1.165) is 91.3 Å². The highest BCUT2D eigenvalue weighted by molar-refractivity contribution is 5.94. The number of Topliss-reactive ketones (excluding diaryl/α,β-unsaturated/α-hetero) is 1. The minimum Gasteiger partial charge on any atom is -0.433 e. The van der Waals surface area contributed by atoms with Gasteiger partial charge in [0.15, 0.2) is 5.78 Å². The summed E-state index contributed by atoms with van der Waals surface area (Å²) >= 11 is 0. The van der Waals surface area contributed by atoms with Crippen LogP contribution in [0, 0.1) is 12.7 Å². The molecular weight excluding hydrogens is 621 g/mol. The van der Waals surface area contributed by atoms with Crippen molar-refractivity contribution in [3.8, 4) is 5.75 Å². The van der Waals surface area contributed by atoms with Crippen LogP contribution in [0.25, 0.3) is 0 Å². The number of ketones is 1. The lowest BCUT2D eigenvalue weighted by Crippen LogP contribution is -2.33. The third-order valence-corrected chi connectivity index (χ3v) is 8.35. The van der Waals surface area contributed by atoms with Crippen LogP contribution in [0.5, 0.6) is 5.75 Å². The molecule has 4 nitrogen and oxygen atoms in total. The van der Waals surface area contributed by atoms with E-state index in [9.17, 15) is 18.0 Å². The number of benzene rings is 2. The third kappa shape index (κ3) is 16.0. The highest BCUT2D eigenvalue weighted by Crippen LogP contribution is 2.27. The van der Waals surface area contributed by atoms with E-state index in [4.69, 9.17) is 0 Å². The first kappa shape index (κ1) is 43.3. The topological polar surface area (TPSA) is 32.8 Å². The minimum atomic E-state index is -3.14. The van der Waals surface area contributed by atoms with Crippen LogP contribution in [0.2, 0.25) is 0 Å². The number of halogens is 3. The summed E-state index contributed by atoms with van der Waals surface area (Å²) in [5.74, 6) is 0.200. The van der Waals surface area contributed by atoms with Crippen molar-refractivity contribution in [2.45, 2.75) is 133 Å². The van der Waals surface area contributed by atoms with Crippen LogP contribution < -0.4 is 9.64 Å². The highest BCUT2D eigenvalue weighted by Gasteiger charge is 2.23. The monoisotopic (exact) mass is 682 g/mol. The Hall–Kier alpha value is -3.74. The second-order valence-corrected chi connectivity index (χ2v) is 12.9. The van der Waals surface area contributed by atoms with Crippen LogP contribution >= 0.6 is 0 Å². The molecule has 1 heterocycles. The minimum absolute atomic E-state index is 0.0800. The van der Waals surface area contributed by atoms with E-state index < -0.39 is 6.11 Å². The summed E-state index contributed by atoms with van der Waals surface area (Å²) in [6, 6.07) is 12.9. The van der Waals surface area contributed by atoms with Crippen molar-refractivity contribution in [2.24, 2.45) is 0 Å². The summed E-state index contributed by atoms with van der Waals surface area (Å²) in [6.07, 6.45) is 11.5. The smallest absolute Gasteiger partial charge is 0.394 e. The molecule has 0 saturated heterocycles. The fourth-order valence-corrected chi connectivity index (χ4v) is 5.17. The zero-order chi connectivity index (χ0) is 37.1. The molecule has 0 spiro atoms. The van der Waals surface area contributed by atoms with E-state index in [-0.39, 0.29) is 17.3 Å².